The number of para-hydroxylation sites is 2. The number of fused-ring (bicyclic) bond motifs is 1. The Bertz CT molecular complexity index is 687. The van der Waals surface area contributed by atoms with Gasteiger partial charge in [0.05, 0.1) is 11.0 Å². The van der Waals surface area contributed by atoms with E-state index in [1.165, 1.54) is 5.52 Å². The van der Waals surface area contributed by atoms with Crippen molar-refractivity contribution in [2.75, 3.05) is 6.54 Å². The number of nitrogens with one attached hydrogen (secondary N) is 1. The number of allylic oxidation sites excluding steroid dienone is 2. The molecule has 2 aromatic rings. The smallest absolute Gasteiger partial charge is 0.223 e. The Morgan fingerprint density at radius 3 is 3.00 bits per heavy atom. The molecule has 0 aliphatic heterocycles. The standard InChI is InChI=1S/C18H23N3O/c1-2-21-16-11-7-6-10-15(16)20-17(21)12-13-19-18(22)14-8-4-3-5-9-14/h3-4,6-7,10-11,14H,2,5,8-9,12-13H2,1H3,(H,19,22)/t14-/m1/s1. The summed E-state index contributed by atoms with van der Waals surface area (Å²) in [7, 11) is 0. The third kappa shape index (κ3) is 3.06. The lowest BCUT2D eigenvalue weighted by molar-refractivity contribution is -0.125. The number of aromatic nitrogens is 2. The lowest BCUT2D eigenvalue weighted by Gasteiger charge is -2.17. The molecule has 0 radical (unpaired) electrons. The molecule has 1 aromatic heterocycles. The van der Waals surface area contributed by atoms with Crippen molar-refractivity contribution < 1.29 is 4.79 Å². The van der Waals surface area contributed by atoms with Gasteiger partial charge in [0, 0.05) is 25.4 Å². The van der Waals surface area contributed by atoms with Gasteiger partial charge in [0.2, 0.25) is 5.91 Å². The van der Waals surface area contributed by atoms with Gasteiger partial charge in [-0.3, -0.25) is 4.79 Å². The third-order valence-corrected chi connectivity index (χ3v) is 4.34. The Kier molecular flexibility index (Phi) is 4.56. The van der Waals surface area contributed by atoms with Crippen molar-refractivity contribution in [2.24, 2.45) is 5.92 Å². The largest absolute Gasteiger partial charge is 0.355 e. The molecule has 0 fully saturated rings. The van der Waals surface area contributed by atoms with Gasteiger partial charge in [-0.15, -0.1) is 0 Å². The first-order valence-corrected chi connectivity index (χ1v) is 8.16. The van der Waals surface area contributed by atoms with Crippen LogP contribution in [-0.2, 0) is 17.8 Å². The van der Waals surface area contributed by atoms with Gasteiger partial charge in [-0.1, -0.05) is 24.3 Å². The van der Waals surface area contributed by atoms with Gasteiger partial charge < -0.3 is 9.88 Å². The fraction of sp³-hybridized carbons (Fsp3) is 0.444. The van der Waals surface area contributed by atoms with Crippen LogP contribution in [0.15, 0.2) is 36.4 Å². The maximum atomic E-state index is 12.1. The van der Waals surface area contributed by atoms with E-state index in [2.05, 4.69) is 35.0 Å². The molecule has 0 spiro atoms. The van der Waals surface area contributed by atoms with Crippen LogP contribution in [0.3, 0.4) is 0 Å². The van der Waals surface area contributed by atoms with Gasteiger partial charge in [-0.2, -0.15) is 0 Å². The summed E-state index contributed by atoms with van der Waals surface area (Å²) in [6.07, 6.45) is 7.91. The van der Waals surface area contributed by atoms with E-state index >= 15 is 0 Å². The summed E-state index contributed by atoms with van der Waals surface area (Å²) in [6.45, 7) is 3.68. The first kappa shape index (κ1) is 14.8. The molecule has 1 amide bonds. The van der Waals surface area contributed by atoms with E-state index < -0.39 is 0 Å². The molecule has 1 aliphatic carbocycles. The lowest BCUT2D eigenvalue weighted by atomic mass is 9.94. The number of carbonyl (C=O) groups is 1. The van der Waals surface area contributed by atoms with E-state index in [-0.39, 0.29) is 11.8 Å². The maximum absolute atomic E-state index is 12.1. The molecule has 22 heavy (non-hydrogen) atoms. The van der Waals surface area contributed by atoms with Crippen molar-refractivity contribution in [3.8, 4) is 0 Å². The minimum Gasteiger partial charge on any atom is -0.355 e. The van der Waals surface area contributed by atoms with Crippen LogP contribution in [0.5, 0.6) is 0 Å². The second-order valence-electron chi connectivity index (χ2n) is 5.78. The number of hydrogen-bond donors (Lipinski definition) is 1. The zero-order valence-electron chi connectivity index (χ0n) is 13.1. The van der Waals surface area contributed by atoms with Crippen molar-refractivity contribution in [1.82, 2.24) is 14.9 Å². The molecule has 1 aliphatic rings. The third-order valence-electron chi connectivity index (χ3n) is 4.34. The fourth-order valence-electron chi connectivity index (χ4n) is 3.14. The molecule has 0 saturated carbocycles. The van der Waals surface area contributed by atoms with Gasteiger partial charge in [0.25, 0.3) is 0 Å². The second-order valence-corrected chi connectivity index (χ2v) is 5.78. The number of rotatable bonds is 5. The predicted octanol–water partition coefficient (Wildman–Crippen LogP) is 3.07. The number of amides is 1. The van der Waals surface area contributed by atoms with Crippen LogP contribution in [-0.4, -0.2) is 22.0 Å². The van der Waals surface area contributed by atoms with Gasteiger partial charge in [0.1, 0.15) is 5.82 Å². The predicted molar refractivity (Wildman–Crippen MR) is 88.6 cm³/mol. The number of carbonyl (C=O) groups excluding carboxylic acids is 1. The van der Waals surface area contributed by atoms with Gasteiger partial charge >= 0.3 is 0 Å². The summed E-state index contributed by atoms with van der Waals surface area (Å²) in [4.78, 5) is 16.8. The average molecular weight is 297 g/mol. The quantitative estimate of drug-likeness (QED) is 0.862. The van der Waals surface area contributed by atoms with Crippen molar-refractivity contribution >= 4 is 16.9 Å². The van der Waals surface area contributed by atoms with Crippen LogP contribution in [0.2, 0.25) is 0 Å². The van der Waals surface area contributed by atoms with Gasteiger partial charge in [-0.25, -0.2) is 4.98 Å². The summed E-state index contributed by atoms with van der Waals surface area (Å²) in [6, 6.07) is 8.19. The highest BCUT2D eigenvalue weighted by molar-refractivity contribution is 5.79. The Balaban J connectivity index is 1.61. The SMILES string of the molecule is CCn1c(CCNC(=O)[C@@H]2CC=CCC2)nc2ccccc21. The number of hydrogen-bond acceptors (Lipinski definition) is 2. The zero-order valence-corrected chi connectivity index (χ0v) is 13.1. The summed E-state index contributed by atoms with van der Waals surface area (Å²) >= 11 is 0. The molecule has 0 bridgehead atoms. The first-order valence-electron chi connectivity index (χ1n) is 8.16. The molecule has 0 saturated heterocycles. The number of benzene rings is 1. The van der Waals surface area contributed by atoms with Crippen LogP contribution in [0.25, 0.3) is 11.0 Å². The highest BCUT2D eigenvalue weighted by Crippen LogP contribution is 2.18. The lowest BCUT2D eigenvalue weighted by Crippen LogP contribution is -2.33. The first-order chi connectivity index (χ1) is 10.8. The van der Waals surface area contributed by atoms with E-state index in [1.807, 2.05) is 18.2 Å². The fourth-order valence-corrected chi connectivity index (χ4v) is 3.14. The van der Waals surface area contributed by atoms with Gasteiger partial charge in [0.15, 0.2) is 0 Å². The normalized spacial score (nSPS) is 17.8. The van der Waals surface area contributed by atoms with Crippen LogP contribution < -0.4 is 5.32 Å². The monoisotopic (exact) mass is 297 g/mol. The van der Waals surface area contributed by atoms with E-state index in [0.29, 0.717) is 6.54 Å². The number of imidazole rings is 1. The topological polar surface area (TPSA) is 46.9 Å². The van der Waals surface area contributed by atoms with Crippen LogP contribution in [0.4, 0.5) is 0 Å². The highest BCUT2D eigenvalue weighted by atomic mass is 16.1. The molecule has 1 atom stereocenters. The molecule has 4 heteroatoms. The number of aryl methyl sites for hydroxylation is 1. The van der Waals surface area contributed by atoms with Crippen LogP contribution in [0.1, 0.15) is 32.0 Å². The minimum atomic E-state index is 0.148. The Labute approximate surface area is 131 Å². The molecule has 1 heterocycles. The molecular weight excluding hydrogens is 274 g/mol. The van der Waals surface area contributed by atoms with E-state index in [4.69, 9.17) is 4.98 Å². The summed E-state index contributed by atoms with van der Waals surface area (Å²) in [5.74, 6) is 1.38. The summed E-state index contributed by atoms with van der Waals surface area (Å²) < 4.78 is 2.23. The van der Waals surface area contributed by atoms with E-state index in [0.717, 1.165) is 43.6 Å². The second kappa shape index (κ2) is 6.77. The summed E-state index contributed by atoms with van der Waals surface area (Å²) in [5.41, 5.74) is 2.20. The molecule has 0 unspecified atom stereocenters. The van der Waals surface area contributed by atoms with Crippen molar-refractivity contribution in [3.63, 3.8) is 0 Å². The van der Waals surface area contributed by atoms with E-state index in [1.54, 1.807) is 0 Å². The maximum Gasteiger partial charge on any atom is 0.223 e. The number of nitrogens with zero attached hydrogens (tertiary/aromatic N) is 2. The minimum absolute atomic E-state index is 0.148. The molecule has 1 N–H and O–H groups in total. The Hall–Kier alpha value is -2.10. The molecule has 3 rings (SSSR count). The van der Waals surface area contributed by atoms with Crippen LogP contribution in [0, 0.1) is 5.92 Å². The zero-order chi connectivity index (χ0) is 15.4. The van der Waals surface area contributed by atoms with Crippen molar-refractivity contribution in [1.29, 1.82) is 0 Å². The highest BCUT2D eigenvalue weighted by Gasteiger charge is 2.18. The summed E-state index contributed by atoms with van der Waals surface area (Å²) in [5, 5.41) is 3.07. The average Bonchev–Trinajstić information content (AvgIpc) is 2.93. The Morgan fingerprint density at radius 2 is 2.23 bits per heavy atom. The van der Waals surface area contributed by atoms with Crippen LogP contribution >= 0.6 is 0 Å². The Morgan fingerprint density at radius 1 is 1.36 bits per heavy atom. The van der Waals surface area contributed by atoms with Crippen molar-refractivity contribution in [3.05, 3.63) is 42.2 Å². The molecule has 116 valence electrons. The molecular formula is C18H23N3O. The molecule has 1 aromatic carbocycles. The molecule has 4 nitrogen and oxygen atoms in total. The van der Waals surface area contributed by atoms with E-state index in [9.17, 15) is 4.79 Å². The van der Waals surface area contributed by atoms with Crippen molar-refractivity contribution in [2.45, 2.75) is 39.2 Å². The van der Waals surface area contributed by atoms with Gasteiger partial charge in [-0.05, 0) is 38.3 Å².